The second-order valence-electron chi connectivity index (χ2n) is 6.62. The second kappa shape index (κ2) is 8.89. The van der Waals surface area contributed by atoms with Crippen LogP contribution in [-0.4, -0.2) is 41.9 Å². The van der Waals surface area contributed by atoms with E-state index in [4.69, 9.17) is 16.3 Å². The smallest absolute Gasteiger partial charge is 0.328 e. The van der Waals surface area contributed by atoms with Crippen molar-refractivity contribution in [3.05, 3.63) is 70.2 Å². The van der Waals surface area contributed by atoms with Gasteiger partial charge in [0.15, 0.2) is 6.61 Å². The Labute approximate surface area is 168 Å². The van der Waals surface area contributed by atoms with Crippen molar-refractivity contribution >= 4 is 29.4 Å². The first-order valence-corrected chi connectivity index (χ1v) is 9.40. The van der Waals surface area contributed by atoms with E-state index in [2.05, 4.69) is 11.4 Å². The first-order chi connectivity index (χ1) is 13.5. The standard InChI is InChI=1S/C21H21ClN2O4/c1-14(23-20(26)17-8-4-5-9-18(17)22)21(27)28-13-19(25)24-11-10-15-6-2-3-7-16(15)12-24/h2-9,14H,10-13H2,1H3,(H,23,26)/t14-/m0/s1. The van der Waals surface area contributed by atoms with Gasteiger partial charge in [-0.25, -0.2) is 4.79 Å². The summed E-state index contributed by atoms with van der Waals surface area (Å²) in [6.07, 6.45) is 0.778. The molecule has 3 rings (SSSR count). The Balaban J connectivity index is 1.49. The zero-order valence-electron chi connectivity index (χ0n) is 15.5. The van der Waals surface area contributed by atoms with Crippen LogP contribution < -0.4 is 5.32 Å². The van der Waals surface area contributed by atoms with Gasteiger partial charge in [0.25, 0.3) is 11.8 Å². The Hall–Kier alpha value is -2.86. The fourth-order valence-corrected chi connectivity index (χ4v) is 3.26. The quantitative estimate of drug-likeness (QED) is 0.783. The number of amides is 2. The summed E-state index contributed by atoms with van der Waals surface area (Å²) in [7, 11) is 0. The predicted octanol–water partition coefficient (Wildman–Crippen LogP) is 2.59. The monoisotopic (exact) mass is 400 g/mol. The molecule has 0 saturated carbocycles. The van der Waals surface area contributed by atoms with Crippen LogP contribution in [0.4, 0.5) is 0 Å². The lowest BCUT2D eigenvalue weighted by molar-refractivity contribution is -0.153. The third-order valence-corrected chi connectivity index (χ3v) is 4.97. The zero-order valence-corrected chi connectivity index (χ0v) is 16.2. The Morgan fingerprint density at radius 1 is 1.11 bits per heavy atom. The molecule has 0 aromatic heterocycles. The van der Waals surface area contributed by atoms with Gasteiger partial charge in [0.2, 0.25) is 0 Å². The summed E-state index contributed by atoms with van der Waals surface area (Å²) in [6.45, 7) is 2.24. The number of carbonyl (C=O) groups excluding carboxylic acids is 3. The number of hydrogen-bond acceptors (Lipinski definition) is 4. The molecule has 0 saturated heterocycles. The number of benzene rings is 2. The van der Waals surface area contributed by atoms with Gasteiger partial charge in [0, 0.05) is 13.1 Å². The topological polar surface area (TPSA) is 75.7 Å². The van der Waals surface area contributed by atoms with Crippen LogP contribution >= 0.6 is 11.6 Å². The number of ether oxygens (including phenoxy) is 1. The molecule has 0 aliphatic carbocycles. The molecule has 1 aliphatic rings. The van der Waals surface area contributed by atoms with E-state index in [-0.39, 0.29) is 18.1 Å². The van der Waals surface area contributed by atoms with E-state index in [0.717, 1.165) is 12.0 Å². The summed E-state index contributed by atoms with van der Waals surface area (Å²) in [6, 6.07) is 13.6. The van der Waals surface area contributed by atoms with Crippen LogP contribution in [0, 0.1) is 0 Å². The van der Waals surface area contributed by atoms with Gasteiger partial charge in [-0.05, 0) is 36.6 Å². The van der Waals surface area contributed by atoms with Crippen LogP contribution in [-0.2, 0) is 27.3 Å². The van der Waals surface area contributed by atoms with Crippen molar-refractivity contribution in [3.8, 4) is 0 Å². The molecule has 0 unspecified atom stereocenters. The van der Waals surface area contributed by atoms with Crippen LogP contribution in [0.2, 0.25) is 5.02 Å². The maximum absolute atomic E-state index is 12.4. The maximum atomic E-state index is 12.4. The highest BCUT2D eigenvalue weighted by Gasteiger charge is 2.24. The average molecular weight is 401 g/mol. The van der Waals surface area contributed by atoms with Crippen molar-refractivity contribution in [2.75, 3.05) is 13.2 Å². The van der Waals surface area contributed by atoms with Crippen LogP contribution in [0.1, 0.15) is 28.4 Å². The Morgan fingerprint density at radius 2 is 1.79 bits per heavy atom. The fraction of sp³-hybridized carbons (Fsp3) is 0.286. The van der Waals surface area contributed by atoms with Gasteiger partial charge in [-0.3, -0.25) is 9.59 Å². The second-order valence-corrected chi connectivity index (χ2v) is 7.02. The Kier molecular flexibility index (Phi) is 6.31. The molecule has 2 aromatic rings. The van der Waals surface area contributed by atoms with Crippen LogP contribution in [0.5, 0.6) is 0 Å². The number of nitrogens with zero attached hydrogens (tertiary/aromatic N) is 1. The molecule has 28 heavy (non-hydrogen) atoms. The summed E-state index contributed by atoms with van der Waals surface area (Å²) in [5, 5.41) is 2.82. The largest absolute Gasteiger partial charge is 0.454 e. The number of esters is 1. The van der Waals surface area contributed by atoms with E-state index < -0.39 is 17.9 Å². The predicted molar refractivity (Wildman–Crippen MR) is 105 cm³/mol. The average Bonchev–Trinajstić information content (AvgIpc) is 2.71. The molecule has 1 heterocycles. The van der Waals surface area contributed by atoms with E-state index in [9.17, 15) is 14.4 Å². The molecule has 1 aliphatic heterocycles. The van der Waals surface area contributed by atoms with Gasteiger partial charge in [-0.2, -0.15) is 0 Å². The van der Waals surface area contributed by atoms with Crippen LogP contribution in [0.25, 0.3) is 0 Å². The maximum Gasteiger partial charge on any atom is 0.328 e. The lowest BCUT2D eigenvalue weighted by Crippen LogP contribution is -2.42. The third-order valence-electron chi connectivity index (χ3n) is 4.64. The van der Waals surface area contributed by atoms with E-state index >= 15 is 0 Å². The molecule has 0 radical (unpaired) electrons. The molecule has 2 aromatic carbocycles. The summed E-state index contributed by atoms with van der Waals surface area (Å²) in [5.41, 5.74) is 2.61. The van der Waals surface area contributed by atoms with E-state index in [1.165, 1.54) is 12.5 Å². The molecule has 0 spiro atoms. The van der Waals surface area contributed by atoms with E-state index in [0.29, 0.717) is 18.1 Å². The third kappa shape index (κ3) is 4.70. The number of halogens is 1. The highest BCUT2D eigenvalue weighted by molar-refractivity contribution is 6.33. The molecule has 6 nitrogen and oxygen atoms in total. The van der Waals surface area contributed by atoms with Gasteiger partial charge >= 0.3 is 5.97 Å². The molecule has 7 heteroatoms. The Bertz CT molecular complexity index is 899. The van der Waals surface area contributed by atoms with Gasteiger partial charge < -0.3 is 15.0 Å². The van der Waals surface area contributed by atoms with Crippen LogP contribution in [0.15, 0.2) is 48.5 Å². The van der Waals surface area contributed by atoms with E-state index in [1.54, 1.807) is 29.2 Å². The fourth-order valence-electron chi connectivity index (χ4n) is 3.04. The highest BCUT2D eigenvalue weighted by Crippen LogP contribution is 2.18. The molecule has 2 amide bonds. The Morgan fingerprint density at radius 3 is 2.54 bits per heavy atom. The summed E-state index contributed by atoms with van der Waals surface area (Å²) < 4.78 is 5.10. The number of carbonyl (C=O) groups is 3. The molecule has 146 valence electrons. The highest BCUT2D eigenvalue weighted by atomic mass is 35.5. The molecule has 1 N–H and O–H groups in total. The van der Waals surface area contributed by atoms with Crippen LogP contribution in [0.3, 0.4) is 0 Å². The van der Waals surface area contributed by atoms with Crippen molar-refractivity contribution in [2.45, 2.75) is 25.9 Å². The van der Waals surface area contributed by atoms with Gasteiger partial charge in [0.05, 0.1) is 10.6 Å². The van der Waals surface area contributed by atoms with Crippen molar-refractivity contribution in [1.82, 2.24) is 10.2 Å². The van der Waals surface area contributed by atoms with E-state index in [1.807, 2.05) is 18.2 Å². The van der Waals surface area contributed by atoms with Crippen molar-refractivity contribution < 1.29 is 19.1 Å². The molecular formula is C21H21ClN2O4. The molecular weight excluding hydrogens is 380 g/mol. The first-order valence-electron chi connectivity index (χ1n) is 9.02. The SMILES string of the molecule is C[C@H](NC(=O)c1ccccc1Cl)C(=O)OCC(=O)N1CCc2ccccc2C1. The van der Waals surface area contributed by atoms with Gasteiger partial charge in [0.1, 0.15) is 6.04 Å². The number of fused-ring (bicyclic) bond motifs is 1. The lowest BCUT2D eigenvalue weighted by Gasteiger charge is -2.28. The lowest BCUT2D eigenvalue weighted by atomic mass is 10.00. The number of rotatable bonds is 5. The summed E-state index contributed by atoms with van der Waals surface area (Å²) >= 11 is 5.98. The number of hydrogen-bond donors (Lipinski definition) is 1. The zero-order chi connectivity index (χ0) is 20.1. The molecule has 0 fully saturated rings. The minimum Gasteiger partial charge on any atom is -0.454 e. The summed E-state index contributed by atoms with van der Waals surface area (Å²) in [5.74, 6) is -1.41. The first kappa shape index (κ1) is 19.9. The minimum atomic E-state index is -0.904. The van der Waals surface area contributed by atoms with Crippen molar-refractivity contribution in [1.29, 1.82) is 0 Å². The minimum absolute atomic E-state index is 0.257. The summed E-state index contributed by atoms with van der Waals surface area (Å²) in [4.78, 5) is 38.4. The normalized spacial score (nSPS) is 14.0. The van der Waals surface area contributed by atoms with Gasteiger partial charge in [-0.15, -0.1) is 0 Å². The number of nitrogens with one attached hydrogen (secondary N) is 1. The molecule has 0 bridgehead atoms. The van der Waals surface area contributed by atoms with Crippen molar-refractivity contribution in [3.63, 3.8) is 0 Å². The van der Waals surface area contributed by atoms with Crippen molar-refractivity contribution in [2.24, 2.45) is 0 Å². The van der Waals surface area contributed by atoms with Gasteiger partial charge in [-0.1, -0.05) is 48.0 Å². The molecule has 1 atom stereocenters.